The monoisotopic (exact) mass is 330 g/mol. The maximum atomic E-state index is 12.7. The highest BCUT2D eigenvalue weighted by molar-refractivity contribution is 6.34. The third-order valence-corrected chi connectivity index (χ3v) is 3.71. The molecule has 0 atom stereocenters. The predicted molar refractivity (Wildman–Crippen MR) is 76.1 cm³/mol. The Balaban J connectivity index is 2.18. The van der Waals surface area contributed by atoms with Crippen molar-refractivity contribution < 1.29 is 13.2 Å². The molecule has 0 bridgehead atoms. The van der Waals surface area contributed by atoms with Gasteiger partial charge in [0.25, 0.3) is 0 Å². The Morgan fingerprint density at radius 3 is 2.48 bits per heavy atom. The van der Waals surface area contributed by atoms with E-state index >= 15 is 0 Å². The summed E-state index contributed by atoms with van der Waals surface area (Å²) in [6.07, 6.45) is -1.21. The summed E-state index contributed by atoms with van der Waals surface area (Å²) in [4.78, 5) is 3.95. The van der Waals surface area contributed by atoms with Gasteiger partial charge in [-0.05, 0) is 30.3 Å². The average Bonchev–Trinajstić information content (AvgIpc) is 2.83. The lowest BCUT2D eigenvalue weighted by Gasteiger charge is -2.11. The summed E-state index contributed by atoms with van der Waals surface area (Å²) in [7, 11) is 0. The van der Waals surface area contributed by atoms with Gasteiger partial charge in [-0.1, -0.05) is 23.2 Å². The molecule has 21 heavy (non-hydrogen) atoms. The zero-order valence-electron chi connectivity index (χ0n) is 10.3. The molecule has 0 aliphatic rings. The third-order valence-electron chi connectivity index (χ3n) is 3.10. The van der Waals surface area contributed by atoms with Crippen LogP contribution in [0.25, 0.3) is 16.6 Å². The molecule has 3 aromatic rings. The molecule has 0 aliphatic carbocycles. The molecule has 0 aliphatic heterocycles. The maximum Gasteiger partial charge on any atom is 0.416 e. The van der Waals surface area contributed by atoms with Crippen LogP contribution < -0.4 is 0 Å². The molecule has 1 aromatic carbocycles. The first-order valence-corrected chi connectivity index (χ1v) is 6.62. The fourth-order valence-electron chi connectivity index (χ4n) is 2.12. The first-order valence-electron chi connectivity index (χ1n) is 5.86. The number of hydrogen-bond donors (Lipinski definition) is 0. The lowest BCUT2D eigenvalue weighted by atomic mass is 10.2. The van der Waals surface area contributed by atoms with Gasteiger partial charge in [0.05, 0.1) is 21.8 Å². The number of fused-ring (bicyclic) bond motifs is 1. The smallest absolute Gasteiger partial charge is 0.315 e. The molecule has 0 saturated carbocycles. The van der Waals surface area contributed by atoms with Crippen LogP contribution in [0.5, 0.6) is 0 Å². The number of rotatable bonds is 1. The van der Waals surface area contributed by atoms with E-state index in [-0.39, 0.29) is 5.02 Å². The minimum absolute atomic E-state index is 0.00950. The molecular formula is C14H7Cl2F3N2. The molecule has 3 rings (SSSR count). The summed E-state index contributed by atoms with van der Waals surface area (Å²) in [6.45, 7) is 0. The van der Waals surface area contributed by atoms with Crippen LogP contribution in [-0.4, -0.2) is 9.55 Å². The first kappa shape index (κ1) is 14.2. The second-order valence-electron chi connectivity index (χ2n) is 4.38. The predicted octanol–water partition coefficient (Wildman–Crippen LogP) is 5.35. The largest absolute Gasteiger partial charge is 0.416 e. The second-order valence-corrected chi connectivity index (χ2v) is 5.15. The van der Waals surface area contributed by atoms with Crippen molar-refractivity contribution in [3.05, 3.63) is 58.5 Å². The number of halogens is 5. The first-order chi connectivity index (χ1) is 9.88. The van der Waals surface area contributed by atoms with Crippen molar-refractivity contribution in [1.82, 2.24) is 9.55 Å². The molecule has 0 amide bonds. The molecular weight excluding hydrogens is 324 g/mol. The van der Waals surface area contributed by atoms with Gasteiger partial charge in [0.2, 0.25) is 0 Å². The summed E-state index contributed by atoms with van der Waals surface area (Å²) in [5, 5.41) is 1.04. The molecule has 0 radical (unpaired) electrons. The third kappa shape index (κ3) is 2.47. The lowest BCUT2D eigenvalue weighted by molar-refractivity contribution is -0.137. The van der Waals surface area contributed by atoms with Crippen LogP contribution in [-0.2, 0) is 6.18 Å². The van der Waals surface area contributed by atoms with Gasteiger partial charge in [0.1, 0.15) is 5.15 Å². The van der Waals surface area contributed by atoms with Crippen LogP contribution in [0.1, 0.15) is 5.56 Å². The SMILES string of the molecule is FC(F)(F)c1ccc(-n2ccc3c(Cl)nccc32)c(Cl)c1. The van der Waals surface area contributed by atoms with Crippen molar-refractivity contribution in [2.45, 2.75) is 6.18 Å². The van der Waals surface area contributed by atoms with E-state index in [0.29, 0.717) is 16.2 Å². The van der Waals surface area contributed by atoms with Gasteiger partial charge in [0, 0.05) is 17.8 Å². The zero-order valence-corrected chi connectivity index (χ0v) is 11.8. The lowest BCUT2D eigenvalue weighted by Crippen LogP contribution is -2.05. The number of benzene rings is 1. The molecule has 0 saturated heterocycles. The Kier molecular flexibility index (Phi) is 3.34. The molecule has 0 fully saturated rings. The Labute approximate surface area is 127 Å². The van der Waals surface area contributed by atoms with E-state index in [1.807, 2.05) is 0 Å². The zero-order chi connectivity index (χ0) is 15.2. The normalized spacial score (nSPS) is 12.0. The van der Waals surface area contributed by atoms with Gasteiger partial charge in [-0.25, -0.2) is 4.98 Å². The molecule has 108 valence electrons. The minimum atomic E-state index is -4.42. The molecule has 0 N–H and O–H groups in total. The van der Waals surface area contributed by atoms with Gasteiger partial charge in [-0.15, -0.1) is 0 Å². The van der Waals surface area contributed by atoms with Gasteiger partial charge in [-0.3, -0.25) is 0 Å². The summed E-state index contributed by atoms with van der Waals surface area (Å²) in [5.41, 5.74) is 0.381. The van der Waals surface area contributed by atoms with Gasteiger partial charge in [-0.2, -0.15) is 13.2 Å². The van der Waals surface area contributed by atoms with Crippen molar-refractivity contribution >= 4 is 34.1 Å². The Morgan fingerprint density at radius 1 is 1.05 bits per heavy atom. The van der Waals surface area contributed by atoms with Crippen LogP contribution in [0.2, 0.25) is 10.2 Å². The second kappa shape index (κ2) is 4.93. The fourth-order valence-corrected chi connectivity index (χ4v) is 2.61. The number of pyridine rings is 1. The molecule has 2 nitrogen and oxygen atoms in total. The number of aromatic nitrogens is 2. The van der Waals surface area contributed by atoms with Gasteiger partial charge in [0.15, 0.2) is 0 Å². The van der Waals surface area contributed by atoms with Crippen LogP contribution >= 0.6 is 23.2 Å². The Bertz CT molecular complexity index is 825. The quantitative estimate of drug-likeness (QED) is 0.550. The van der Waals surface area contributed by atoms with Crippen molar-refractivity contribution in [2.24, 2.45) is 0 Å². The average molecular weight is 331 g/mol. The van der Waals surface area contributed by atoms with Crippen LogP contribution in [0.4, 0.5) is 13.2 Å². The minimum Gasteiger partial charge on any atom is -0.315 e. The van der Waals surface area contributed by atoms with Crippen LogP contribution in [0.15, 0.2) is 42.7 Å². The summed E-state index contributed by atoms with van der Waals surface area (Å²) < 4.78 is 39.6. The molecule has 2 heterocycles. The highest BCUT2D eigenvalue weighted by Crippen LogP contribution is 2.34. The van der Waals surface area contributed by atoms with Crippen molar-refractivity contribution in [3.63, 3.8) is 0 Å². The highest BCUT2D eigenvalue weighted by Gasteiger charge is 2.31. The van der Waals surface area contributed by atoms with E-state index in [1.165, 1.54) is 12.3 Å². The summed E-state index contributed by atoms with van der Waals surface area (Å²) in [6, 6.07) is 6.69. The van der Waals surface area contributed by atoms with Gasteiger partial charge < -0.3 is 4.57 Å². The molecule has 2 aromatic heterocycles. The number of alkyl halides is 3. The molecule has 7 heteroatoms. The summed E-state index contributed by atoms with van der Waals surface area (Å²) in [5.74, 6) is 0. The molecule has 0 spiro atoms. The summed E-state index contributed by atoms with van der Waals surface area (Å²) >= 11 is 12.0. The van der Waals surface area contributed by atoms with Gasteiger partial charge >= 0.3 is 6.18 Å². The van der Waals surface area contributed by atoms with E-state index in [0.717, 1.165) is 17.6 Å². The van der Waals surface area contributed by atoms with E-state index in [9.17, 15) is 13.2 Å². The van der Waals surface area contributed by atoms with E-state index in [2.05, 4.69) is 4.98 Å². The van der Waals surface area contributed by atoms with E-state index < -0.39 is 11.7 Å². The standard InChI is InChI=1S/C14H7Cl2F3N2/c15-10-7-8(14(17,18)19)1-2-12(10)21-6-4-9-11(21)3-5-20-13(9)16/h1-7H. The van der Waals surface area contributed by atoms with Crippen LogP contribution in [0.3, 0.4) is 0 Å². The van der Waals surface area contributed by atoms with Crippen molar-refractivity contribution in [2.75, 3.05) is 0 Å². The van der Waals surface area contributed by atoms with Crippen molar-refractivity contribution in [3.8, 4) is 5.69 Å². The highest BCUT2D eigenvalue weighted by atomic mass is 35.5. The maximum absolute atomic E-state index is 12.7. The number of hydrogen-bond acceptors (Lipinski definition) is 1. The van der Waals surface area contributed by atoms with E-state index in [4.69, 9.17) is 23.2 Å². The van der Waals surface area contributed by atoms with Crippen molar-refractivity contribution in [1.29, 1.82) is 0 Å². The Hall–Kier alpha value is -1.72. The van der Waals surface area contributed by atoms with E-state index in [1.54, 1.807) is 22.9 Å². The fraction of sp³-hybridized carbons (Fsp3) is 0.0714. The topological polar surface area (TPSA) is 17.8 Å². The number of nitrogens with zero attached hydrogens (tertiary/aromatic N) is 2. The molecule has 0 unspecified atom stereocenters. The Morgan fingerprint density at radius 2 is 1.81 bits per heavy atom. The van der Waals surface area contributed by atoms with Crippen LogP contribution in [0, 0.1) is 0 Å².